The van der Waals surface area contributed by atoms with E-state index in [0.29, 0.717) is 29.7 Å². The highest BCUT2D eigenvalue weighted by atomic mass is 16.5. The van der Waals surface area contributed by atoms with Crippen LogP contribution in [0.3, 0.4) is 0 Å². The molecule has 1 aliphatic rings. The summed E-state index contributed by atoms with van der Waals surface area (Å²) < 4.78 is 12.1. The van der Waals surface area contributed by atoms with E-state index < -0.39 is 6.04 Å². The van der Waals surface area contributed by atoms with E-state index in [9.17, 15) is 9.59 Å². The summed E-state index contributed by atoms with van der Waals surface area (Å²) in [6.07, 6.45) is 4.05. The van der Waals surface area contributed by atoms with E-state index in [0.717, 1.165) is 48.1 Å². The molecule has 3 aromatic rings. The summed E-state index contributed by atoms with van der Waals surface area (Å²) in [6, 6.07) is 11.1. The van der Waals surface area contributed by atoms with Gasteiger partial charge in [0.05, 0.1) is 23.6 Å². The van der Waals surface area contributed by atoms with Gasteiger partial charge in [-0.25, -0.2) is 0 Å². The highest BCUT2D eigenvalue weighted by Gasteiger charge is 2.42. The minimum atomic E-state index is -0.474. The second-order valence-electron chi connectivity index (χ2n) is 8.66. The summed E-state index contributed by atoms with van der Waals surface area (Å²) in [4.78, 5) is 28.8. The van der Waals surface area contributed by atoms with Crippen LogP contribution in [0, 0.1) is 13.8 Å². The molecule has 0 bridgehead atoms. The lowest BCUT2D eigenvalue weighted by Gasteiger charge is -2.25. The van der Waals surface area contributed by atoms with Gasteiger partial charge < -0.3 is 14.1 Å². The van der Waals surface area contributed by atoms with Crippen molar-refractivity contribution in [3.8, 4) is 5.75 Å². The Morgan fingerprint density at radius 1 is 1.03 bits per heavy atom. The third-order valence-electron chi connectivity index (χ3n) is 6.05. The molecule has 0 fully saturated rings. The SMILES string of the molecule is CCCCCOc1cccc(C2c3c(oc4c(C)cc(C)cc4c3=O)C(=O)N2CCC)c1. The Morgan fingerprint density at radius 3 is 2.59 bits per heavy atom. The summed E-state index contributed by atoms with van der Waals surface area (Å²) >= 11 is 0. The number of hydrogen-bond acceptors (Lipinski definition) is 4. The Bertz CT molecular complexity index is 1210. The Kier molecular flexibility index (Phi) is 6.35. The third-order valence-corrected chi connectivity index (χ3v) is 6.05. The van der Waals surface area contributed by atoms with Crippen molar-refractivity contribution in [2.75, 3.05) is 13.2 Å². The first kappa shape index (κ1) is 22.1. The monoisotopic (exact) mass is 433 g/mol. The van der Waals surface area contributed by atoms with E-state index in [1.165, 1.54) is 0 Å². The van der Waals surface area contributed by atoms with E-state index in [1.54, 1.807) is 4.90 Å². The number of fused-ring (bicyclic) bond motifs is 2. The number of benzene rings is 2. The molecule has 0 spiro atoms. The van der Waals surface area contributed by atoms with Crippen molar-refractivity contribution in [3.63, 3.8) is 0 Å². The fraction of sp³-hybridized carbons (Fsp3) is 0.407. The smallest absolute Gasteiger partial charge is 0.290 e. The molecular weight excluding hydrogens is 402 g/mol. The molecule has 1 aromatic heterocycles. The minimum absolute atomic E-state index is 0.126. The number of nitrogens with zero attached hydrogens (tertiary/aromatic N) is 1. The summed E-state index contributed by atoms with van der Waals surface area (Å²) in [5, 5.41) is 0.532. The zero-order valence-electron chi connectivity index (χ0n) is 19.4. The number of aryl methyl sites for hydroxylation is 2. The summed E-state index contributed by atoms with van der Waals surface area (Å²) in [7, 11) is 0. The predicted octanol–water partition coefficient (Wildman–Crippen LogP) is 5.93. The van der Waals surface area contributed by atoms with Crippen LogP contribution in [0.2, 0.25) is 0 Å². The molecule has 0 N–H and O–H groups in total. The highest BCUT2D eigenvalue weighted by molar-refractivity contribution is 5.99. The number of carbonyl (C=O) groups excluding carboxylic acids is 1. The van der Waals surface area contributed by atoms with Crippen LogP contribution in [0.5, 0.6) is 5.75 Å². The first-order valence-electron chi connectivity index (χ1n) is 11.6. The maximum absolute atomic E-state index is 13.7. The molecule has 5 heteroatoms. The standard InChI is InChI=1S/C27H31NO4/c1-5-7-8-13-31-20-11-9-10-19(16-20)23-22-24(29)21-15-17(3)14-18(4)25(21)32-26(22)27(30)28(23)12-6-2/h9-11,14-16,23H,5-8,12-13H2,1-4H3. The molecule has 1 atom stereocenters. The normalized spacial score (nSPS) is 15.4. The van der Waals surface area contributed by atoms with Crippen molar-refractivity contribution in [3.05, 3.63) is 74.6 Å². The molecule has 1 aliphatic heterocycles. The van der Waals surface area contributed by atoms with E-state index in [4.69, 9.17) is 9.15 Å². The van der Waals surface area contributed by atoms with E-state index in [1.807, 2.05) is 57.2 Å². The van der Waals surface area contributed by atoms with Crippen molar-refractivity contribution in [2.24, 2.45) is 0 Å². The number of hydrogen-bond donors (Lipinski definition) is 0. The van der Waals surface area contributed by atoms with Gasteiger partial charge in [0.1, 0.15) is 11.3 Å². The number of ether oxygens (including phenoxy) is 1. The van der Waals surface area contributed by atoms with Crippen LogP contribution in [0.1, 0.15) is 78.4 Å². The van der Waals surface area contributed by atoms with E-state index in [2.05, 4.69) is 6.92 Å². The molecule has 0 saturated carbocycles. The lowest BCUT2D eigenvalue weighted by molar-refractivity contribution is 0.0728. The molecule has 168 valence electrons. The van der Waals surface area contributed by atoms with Gasteiger partial charge in [-0.05, 0) is 61.6 Å². The Morgan fingerprint density at radius 2 is 1.84 bits per heavy atom. The largest absolute Gasteiger partial charge is 0.494 e. The van der Waals surface area contributed by atoms with Gasteiger partial charge in [-0.2, -0.15) is 0 Å². The third kappa shape index (κ3) is 3.92. The molecule has 32 heavy (non-hydrogen) atoms. The van der Waals surface area contributed by atoms with Crippen LogP contribution in [-0.2, 0) is 0 Å². The maximum Gasteiger partial charge on any atom is 0.290 e. The highest BCUT2D eigenvalue weighted by Crippen LogP contribution is 2.39. The fourth-order valence-electron chi connectivity index (χ4n) is 4.61. The van der Waals surface area contributed by atoms with Crippen molar-refractivity contribution >= 4 is 16.9 Å². The molecule has 0 saturated heterocycles. The summed E-state index contributed by atoms with van der Waals surface area (Å²) in [6.45, 7) is 9.26. The second kappa shape index (κ2) is 9.19. The molecule has 4 rings (SSSR count). The van der Waals surface area contributed by atoms with E-state index >= 15 is 0 Å². The van der Waals surface area contributed by atoms with Crippen LogP contribution in [0.15, 0.2) is 45.6 Å². The Labute approximate surface area is 189 Å². The van der Waals surface area contributed by atoms with E-state index in [-0.39, 0.29) is 17.1 Å². The average molecular weight is 434 g/mol. The van der Waals surface area contributed by atoms with Gasteiger partial charge >= 0.3 is 0 Å². The lowest BCUT2D eigenvalue weighted by Crippen LogP contribution is -2.30. The molecular formula is C27H31NO4. The zero-order valence-corrected chi connectivity index (χ0v) is 19.4. The van der Waals surface area contributed by atoms with Crippen LogP contribution in [0.25, 0.3) is 11.0 Å². The van der Waals surface area contributed by atoms with Gasteiger partial charge in [0.15, 0.2) is 5.43 Å². The number of unbranched alkanes of at least 4 members (excludes halogenated alkanes) is 2. The van der Waals surface area contributed by atoms with Crippen molar-refractivity contribution in [2.45, 2.75) is 59.4 Å². The van der Waals surface area contributed by atoms with Gasteiger partial charge in [0.2, 0.25) is 5.76 Å². The van der Waals surface area contributed by atoms with Crippen LogP contribution in [0.4, 0.5) is 0 Å². The van der Waals surface area contributed by atoms with Crippen LogP contribution in [-0.4, -0.2) is 24.0 Å². The quantitative estimate of drug-likeness (QED) is 0.413. The molecule has 1 unspecified atom stereocenters. The van der Waals surface area contributed by atoms with Crippen LogP contribution < -0.4 is 10.2 Å². The van der Waals surface area contributed by atoms with Crippen LogP contribution >= 0.6 is 0 Å². The Balaban J connectivity index is 1.83. The van der Waals surface area contributed by atoms with Crippen molar-refractivity contribution in [1.29, 1.82) is 0 Å². The maximum atomic E-state index is 13.7. The Hall–Kier alpha value is -3.08. The van der Waals surface area contributed by atoms with Crippen molar-refractivity contribution < 1.29 is 13.9 Å². The minimum Gasteiger partial charge on any atom is -0.494 e. The molecule has 2 aromatic carbocycles. The first-order chi connectivity index (χ1) is 15.5. The van der Waals surface area contributed by atoms with Gasteiger partial charge in [0, 0.05) is 6.54 Å². The van der Waals surface area contributed by atoms with Crippen molar-refractivity contribution in [1.82, 2.24) is 4.90 Å². The van der Waals surface area contributed by atoms with Gasteiger partial charge in [-0.15, -0.1) is 0 Å². The van der Waals surface area contributed by atoms with Gasteiger partial charge in [-0.1, -0.05) is 44.9 Å². The number of amides is 1. The molecule has 0 aliphatic carbocycles. The zero-order chi connectivity index (χ0) is 22.8. The number of rotatable bonds is 8. The molecule has 5 nitrogen and oxygen atoms in total. The average Bonchev–Trinajstić information content (AvgIpc) is 3.05. The topological polar surface area (TPSA) is 59.8 Å². The second-order valence-corrected chi connectivity index (χ2v) is 8.66. The van der Waals surface area contributed by atoms with Gasteiger partial charge in [0.25, 0.3) is 5.91 Å². The lowest BCUT2D eigenvalue weighted by atomic mass is 9.97. The number of carbonyl (C=O) groups is 1. The molecule has 1 amide bonds. The van der Waals surface area contributed by atoms with Gasteiger partial charge in [-0.3, -0.25) is 9.59 Å². The molecule has 2 heterocycles. The summed E-state index contributed by atoms with van der Waals surface area (Å²) in [5.41, 5.74) is 3.53. The summed E-state index contributed by atoms with van der Waals surface area (Å²) in [5.74, 6) is 0.704. The first-order valence-corrected chi connectivity index (χ1v) is 11.6. The molecule has 0 radical (unpaired) electrons. The predicted molar refractivity (Wildman–Crippen MR) is 127 cm³/mol. The fourth-order valence-corrected chi connectivity index (χ4v) is 4.61.